The Balaban J connectivity index is 1.91. The monoisotopic (exact) mass is 228 g/mol. The van der Waals surface area contributed by atoms with Crippen LogP contribution in [0.1, 0.15) is 6.92 Å². The molecule has 0 aromatic rings. The van der Waals surface area contributed by atoms with Gasteiger partial charge in [0.15, 0.2) is 0 Å². The minimum absolute atomic E-state index is 0.0613. The Morgan fingerprint density at radius 3 is 2.94 bits per heavy atom. The predicted molar refractivity (Wildman–Crippen MR) is 54.7 cm³/mol. The van der Waals surface area contributed by atoms with Crippen LogP contribution in [0.25, 0.3) is 0 Å². The Labute approximate surface area is 93.9 Å². The van der Waals surface area contributed by atoms with E-state index in [1.807, 2.05) is 0 Å². The van der Waals surface area contributed by atoms with Crippen LogP contribution in [0.3, 0.4) is 0 Å². The average Bonchev–Trinajstić information content (AvgIpc) is 2.27. The maximum Gasteiger partial charge on any atom is 0.245 e. The summed E-state index contributed by atoms with van der Waals surface area (Å²) >= 11 is 0. The molecule has 0 bridgehead atoms. The molecule has 2 aliphatic heterocycles. The molecule has 0 aromatic carbocycles. The smallest absolute Gasteiger partial charge is 0.245 e. The lowest BCUT2D eigenvalue weighted by molar-refractivity contribution is -0.149. The van der Waals surface area contributed by atoms with Crippen molar-refractivity contribution in [2.75, 3.05) is 32.9 Å². The van der Waals surface area contributed by atoms with E-state index in [4.69, 9.17) is 9.47 Å². The van der Waals surface area contributed by atoms with Crippen LogP contribution in [0.4, 0.5) is 0 Å². The van der Waals surface area contributed by atoms with Crippen LogP contribution in [0.2, 0.25) is 0 Å². The van der Waals surface area contributed by atoms with Crippen molar-refractivity contribution < 1.29 is 19.1 Å². The minimum atomic E-state index is -0.439. The van der Waals surface area contributed by atoms with Crippen LogP contribution >= 0.6 is 0 Å². The van der Waals surface area contributed by atoms with E-state index in [0.29, 0.717) is 26.4 Å². The van der Waals surface area contributed by atoms with Crippen LogP contribution in [0.15, 0.2) is 0 Å². The van der Waals surface area contributed by atoms with E-state index < -0.39 is 6.04 Å². The van der Waals surface area contributed by atoms with Gasteiger partial charge in [-0.15, -0.1) is 0 Å². The molecule has 2 fully saturated rings. The molecule has 0 spiro atoms. The second-order valence-corrected chi connectivity index (χ2v) is 4.08. The molecule has 0 saturated carbocycles. The van der Waals surface area contributed by atoms with Gasteiger partial charge in [-0.3, -0.25) is 9.59 Å². The highest BCUT2D eigenvalue weighted by molar-refractivity contribution is 5.94. The summed E-state index contributed by atoms with van der Waals surface area (Å²) in [6.07, 6.45) is -0.115. The molecule has 2 saturated heterocycles. The summed E-state index contributed by atoms with van der Waals surface area (Å²) in [6.45, 7) is 3.86. The van der Waals surface area contributed by atoms with E-state index in [0.717, 1.165) is 0 Å². The average molecular weight is 228 g/mol. The highest BCUT2D eigenvalue weighted by atomic mass is 16.6. The first-order valence-electron chi connectivity index (χ1n) is 5.44. The van der Waals surface area contributed by atoms with Crippen molar-refractivity contribution in [2.24, 2.45) is 0 Å². The van der Waals surface area contributed by atoms with E-state index in [-0.39, 0.29) is 24.5 Å². The first-order chi connectivity index (χ1) is 7.66. The number of carbonyl (C=O) groups excluding carboxylic acids is 2. The van der Waals surface area contributed by atoms with Gasteiger partial charge in [-0.05, 0) is 6.92 Å². The van der Waals surface area contributed by atoms with Gasteiger partial charge in [0.25, 0.3) is 0 Å². The second-order valence-electron chi connectivity index (χ2n) is 4.08. The molecule has 2 heterocycles. The van der Waals surface area contributed by atoms with E-state index in [1.54, 1.807) is 6.92 Å². The van der Waals surface area contributed by atoms with Crippen molar-refractivity contribution in [2.45, 2.75) is 19.1 Å². The van der Waals surface area contributed by atoms with Gasteiger partial charge >= 0.3 is 0 Å². The van der Waals surface area contributed by atoms with Gasteiger partial charge in [0.1, 0.15) is 6.04 Å². The van der Waals surface area contributed by atoms with Crippen LogP contribution in [-0.2, 0) is 19.1 Å². The third-order valence-corrected chi connectivity index (χ3v) is 2.70. The van der Waals surface area contributed by atoms with E-state index in [2.05, 4.69) is 5.32 Å². The Morgan fingerprint density at radius 2 is 2.25 bits per heavy atom. The van der Waals surface area contributed by atoms with Gasteiger partial charge in [0, 0.05) is 6.54 Å². The maximum atomic E-state index is 11.8. The van der Waals surface area contributed by atoms with Gasteiger partial charge < -0.3 is 19.7 Å². The Kier molecular flexibility index (Phi) is 3.40. The van der Waals surface area contributed by atoms with Crippen molar-refractivity contribution in [3.8, 4) is 0 Å². The molecule has 2 amide bonds. The zero-order valence-electron chi connectivity index (χ0n) is 9.27. The largest absolute Gasteiger partial charge is 0.376 e. The first-order valence-corrected chi connectivity index (χ1v) is 5.44. The van der Waals surface area contributed by atoms with Crippen LogP contribution in [0, 0.1) is 0 Å². The van der Waals surface area contributed by atoms with Crippen molar-refractivity contribution in [3.63, 3.8) is 0 Å². The van der Waals surface area contributed by atoms with Crippen molar-refractivity contribution >= 4 is 11.8 Å². The molecule has 0 aliphatic carbocycles. The standard InChI is InChI=1S/C10H16N2O4/c1-7-10(14)12(5-9(13)11-7)4-8-6-15-2-3-16-8/h7-8H,2-6H2,1H3,(H,11,13). The van der Waals surface area contributed by atoms with Gasteiger partial charge in [0.05, 0.1) is 32.5 Å². The number of rotatable bonds is 2. The summed E-state index contributed by atoms with van der Waals surface area (Å²) in [6, 6.07) is -0.439. The lowest BCUT2D eigenvalue weighted by atomic mass is 10.2. The number of nitrogens with one attached hydrogen (secondary N) is 1. The van der Waals surface area contributed by atoms with Gasteiger partial charge in [-0.2, -0.15) is 0 Å². The molecule has 6 heteroatoms. The fourth-order valence-electron chi connectivity index (χ4n) is 1.92. The summed E-state index contributed by atoms with van der Waals surface area (Å²) < 4.78 is 10.7. The molecule has 0 radical (unpaired) electrons. The van der Waals surface area contributed by atoms with Crippen molar-refractivity contribution in [3.05, 3.63) is 0 Å². The lowest BCUT2D eigenvalue weighted by Crippen LogP contribution is -2.58. The number of amides is 2. The highest BCUT2D eigenvalue weighted by Gasteiger charge is 2.31. The quantitative estimate of drug-likeness (QED) is 0.641. The number of hydrogen-bond donors (Lipinski definition) is 1. The van der Waals surface area contributed by atoms with E-state index >= 15 is 0 Å². The predicted octanol–water partition coefficient (Wildman–Crippen LogP) is -1.25. The summed E-state index contributed by atoms with van der Waals surface area (Å²) in [5.41, 5.74) is 0. The van der Waals surface area contributed by atoms with Crippen LogP contribution < -0.4 is 5.32 Å². The van der Waals surface area contributed by atoms with Crippen LogP contribution in [0.5, 0.6) is 0 Å². The van der Waals surface area contributed by atoms with Gasteiger partial charge in [-0.25, -0.2) is 0 Å². The molecular formula is C10H16N2O4. The zero-order valence-corrected chi connectivity index (χ0v) is 9.27. The SMILES string of the molecule is CC1NC(=O)CN(CC2COCCO2)C1=O. The molecule has 2 rings (SSSR count). The third kappa shape index (κ3) is 2.51. The van der Waals surface area contributed by atoms with E-state index in [1.165, 1.54) is 4.90 Å². The fourth-order valence-corrected chi connectivity index (χ4v) is 1.92. The molecular weight excluding hydrogens is 212 g/mol. The minimum Gasteiger partial charge on any atom is -0.376 e. The number of carbonyl (C=O) groups is 2. The Bertz CT molecular complexity index is 289. The summed E-state index contributed by atoms with van der Waals surface area (Å²) in [5, 5.41) is 2.59. The van der Waals surface area contributed by atoms with Gasteiger partial charge in [-0.1, -0.05) is 0 Å². The topological polar surface area (TPSA) is 67.9 Å². The van der Waals surface area contributed by atoms with Crippen molar-refractivity contribution in [1.29, 1.82) is 0 Å². The number of nitrogens with zero attached hydrogens (tertiary/aromatic N) is 1. The molecule has 1 N–H and O–H groups in total. The lowest BCUT2D eigenvalue weighted by Gasteiger charge is -2.34. The van der Waals surface area contributed by atoms with Crippen molar-refractivity contribution in [1.82, 2.24) is 10.2 Å². The summed E-state index contributed by atoms with van der Waals surface area (Å²) in [7, 11) is 0. The number of ether oxygens (including phenoxy) is 2. The first kappa shape index (κ1) is 11.3. The summed E-state index contributed by atoms with van der Waals surface area (Å²) in [5.74, 6) is -0.183. The molecule has 2 atom stereocenters. The maximum absolute atomic E-state index is 11.8. The second kappa shape index (κ2) is 4.80. The van der Waals surface area contributed by atoms with Crippen LogP contribution in [-0.4, -0.2) is 61.8 Å². The molecule has 2 aliphatic rings. The van der Waals surface area contributed by atoms with Gasteiger partial charge in [0.2, 0.25) is 11.8 Å². The zero-order chi connectivity index (χ0) is 11.5. The third-order valence-electron chi connectivity index (χ3n) is 2.70. The highest BCUT2D eigenvalue weighted by Crippen LogP contribution is 2.07. The number of hydrogen-bond acceptors (Lipinski definition) is 4. The fraction of sp³-hybridized carbons (Fsp3) is 0.800. The summed E-state index contributed by atoms with van der Waals surface area (Å²) in [4.78, 5) is 24.6. The van der Waals surface area contributed by atoms with E-state index in [9.17, 15) is 9.59 Å². The Hall–Kier alpha value is -1.14. The molecule has 0 aromatic heterocycles. The normalized spacial score (nSPS) is 31.4. The molecule has 16 heavy (non-hydrogen) atoms. The molecule has 2 unspecified atom stereocenters. The molecule has 6 nitrogen and oxygen atoms in total. The Morgan fingerprint density at radius 1 is 1.44 bits per heavy atom. The molecule has 90 valence electrons. The number of piperazine rings is 1.